The van der Waals surface area contributed by atoms with E-state index in [1.165, 1.54) is 10.5 Å². The van der Waals surface area contributed by atoms with Gasteiger partial charge in [0.2, 0.25) is 0 Å². The number of hydrogen-bond acceptors (Lipinski definition) is 5. The third kappa shape index (κ3) is 4.82. The van der Waals surface area contributed by atoms with Crippen molar-refractivity contribution in [1.29, 1.82) is 0 Å². The fourth-order valence-electron chi connectivity index (χ4n) is 3.18. The van der Waals surface area contributed by atoms with E-state index in [0.717, 1.165) is 47.4 Å². The van der Waals surface area contributed by atoms with Gasteiger partial charge in [-0.05, 0) is 86.5 Å². The zero-order valence-corrected chi connectivity index (χ0v) is 18.2. The summed E-state index contributed by atoms with van der Waals surface area (Å²) in [6.07, 6.45) is 1.78. The number of carbonyl (C=O) groups excluding carboxylic acids is 2. The third-order valence-corrected chi connectivity index (χ3v) is 6.05. The van der Waals surface area contributed by atoms with E-state index in [2.05, 4.69) is 31.0 Å². The molecule has 1 aliphatic heterocycles. The van der Waals surface area contributed by atoms with Gasteiger partial charge in [-0.1, -0.05) is 18.2 Å². The second-order valence-electron chi connectivity index (χ2n) is 7.01. The first-order valence-electron chi connectivity index (χ1n) is 9.84. The maximum absolute atomic E-state index is 12.7. The summed E-state index contributed by atoms with van der Waals surface area (Å²) in [5, 5.41) is 2.92. The van der Waals surface area contributed by atoms with Crippen molar-refractivity contribution >= 4 is 40.4 Å². The van der Waals surface area contributed by atoms with Gasteiger partial charge in [0.25, 0.3) is 11.1 Å². The highest BCUT2D eigenvalue weighted by Gasteiger charge is 2.34. The lowest BCUT2D eigenvalue weighted by atomic mass is 10.1. The van der Waals surface area contributed by atoms with Crippen LogP contribution in [0.2, 0.25) is 0 Å². The first-order valence-corrected chi connectivity index (χ1v) is 10.7. The Labute approximate surface area is 176 Å². The number of hydrogen-bond donors (Lipinski definition) is 1. The van der Waals surface area contributed by atoms with Crippen LogP contribution in [0.15, 0.2) is 47.4 Å². The summed E-state index contributed by atoms with van der Waals surface area (Å²) in [7, 11) is 0. The van der Waals surface area contributed by atoms with E-state index < -0.39 is 0 Å². The number of anilines is 2. The molecule has 0 bridgehead atoms. The summed E-state index contributed by atoms with van der Waals surface area (Å²) in [6, 6.07) is 14.0. The highest BCUT2D eigenvalue weighted by molar-refractivity contribution is 8.18. The van der Waals surface area contributed by atoms with Gasteiger partial charge in [0, 0.05) is 24.5 Å². The SMILES string of the molecule is CCN(CC)c1ccc(/C=C2/SC(=O)N(CNc3ccc(C)c(C)c3)C2=O)cc1. The van der Waals surface area contributed by atoms with Gasteiger partial charge < -0.3 is 10.2 Å². The maximum Gasteiger partial charge on any atom is 0.295 e. The van der Waals surface area contributed by atoms with Gasteiger partial charge in [-0.25, -0.2) is 0 Å². The first-order chi connectivity index (χ1) is 13.9. The molecule has 1 saturated heterocycles. The average molecular weight is 410 g/mol. The minimum absolute atomic E-state index is 0.158. The normalized spacial score (nSPS) is 15.3. The van der Waals surface area contributed by atoms with E-state index in [-0.39, 0.29) is 17.8 Å². The molecule has 2 aromatic rings. The molecule has 5 nitrogen and oxygen atoms in total. The van der Waals surface area contributed by atoms with Crippen molar-refractivity contribution < 1.29 is 9.59 Å². The van der Waals surface area contributed by atoms with Crippen LogP contribution in [-0.2, 0) is 4.79 Å². The summed E-state index contributed by atoms with van der Waals surface area (Å²) in [5.41, 5.74) is 5.32. The lowest BCUT2D eigenvalue weighted by Crippen LogP contribution is -2.33. The van der Waals surface area contributed by atoms with Gasteiger partial charge in [0.05, 0.1) is 11.6 Å². The first kappa shape index (κ1) is 21.0. The van der Waals surface area contributed by atoms with Gasteiger partial charge >= 0.3 is 0 Å². The molecule has 2 aromatic carbocycles. The third-order valence-electron chi connectivity index (χ3n) is 5.14. The van der Waals surface area contributed by atoms with Crippen molar-refractivity contribution in [2.45, 2.75) is 27.7 Å². The molecule has 0 radical (unpaired) electrons. The zero-order valence-electron chi connectivity index (χ0n) is 17.4. The number of carbonyl (C=O) groups is 2. The van der Waals surface area contributed by atoms with Crippen molar-refractivity contribution in [2.24, 2.45) is 0 Å². The molecule has 2 amide bonds. The molecule has 6 heteroatoms. The molecule has 0 unspecified atom stereocenters. The Kier molecular flexibility index (Phi) is 6.64. The molecule has 0 aromatic heterocycles. The van der Waals surface area contributed by atoms with Crippen LogP contribution in [0.5, 0.6) is 0 Å². The molecule has 0 atom stereocenters. The number of benzene rings is 2. The summed E-state index contributed by atoms with van der Waals surface area (Å²) < 4.78 is 0. The lowest BCUT2D eigenvalue weighted by molar-refractivity contribution is -0.122. The molecule has 0 aliphatic carbocycles. The summed E-state index contributed by atoms with van der Waals surface area (Å²) in [5.74, 6) is -0.260. The van der Waals surface area contributed by atoms with Crippen molar-refractivity contribution in [2.75, 3.05) is 30.0 Å². The van der Waals surface area contributed by atoms with E-state index in [0.29, 0.717) is 4.91 Å². The van der Waals surface area contributed by atoms with Crippen LogP contribution in [0.3, 0.4) is 0 Å². The summed E-state index contributed by atoms with van der Waals surface area (Å²) in [4.78, 5) is 29.0. The molecule has 0 saturated carbocycles. The molecule has 1 heterocycles. The van der Waals surface area contributed by atoms with Crippen LogP contribution >= 0.6 is 11.8 Å². The van der Waals surface area contributed by atoms with Crippen LogP contribution in [-0.4, -0.2) is 35.8 Å². The quantitative estimate of drug-likeness (QED) is 0.633. The van der Waals surface area contributed by atoms with Crippen molar-refractivity contribution in [3.63, 3.8) is 0 Å². The second-order valence-corrected chi connectivity index (χ2v) is 8.00. The van der Waals surface area contributed by atoms with Crippen LogP contribution in [0.4, 0.5) is 16.2 Å². The van der Waals surface area contributed by atoms with Crippen LogP contribution in [0.1, 0.15) is 30.5 Å². The number of nitrogens with zero attached hydrogens (tertiary/aromatic N) is 2. The molecule has 29 heavy (non-hydrogen) atoms. The smallest absolute Gasteiger partial charge is 0.295 e. The van der Waals surface area contributed by atoms with Crippen LogP contribution in [0, 0.1) is 13.8 Å². The predicted octanol–water partition coefficient (Wildman–Crippen LogP) is 5.26. The molecule has 0 spiro atoms. The number of rotatable bonds is 7. The van der Waals surface area contributed by atoms with E-state index in [1.807, 2.05) is 49.4 Å². The molecule has 1 N–H and O–H groups in total. The molecule has 152 valence electrons. The van der Waals surface area contributed by atoms with E-state index >= 15 is 0 Å². The van der Waals surface area contributed by atoms with Crippen molar-refractivity contribution in [1.82, 2.24) is 4.90 Å². The highest BCUT2D eigenvalue weighted by Crippen LogP contribution is 2.32. The van der Waals surface area contributed by atoms with E-state index in [4.69, 9.17) is 0 Å². The van der Waals surface area contributed by atoms with Gasteiger partial charge in [0.1, 0.15) is 0 Å². The number of aryl methyl sites for hydroxylation is 2. The maximum atomic E-state index is 12.7. The minimum atomic E-state index is -0.260. The van der Waals surface area contributed by atoms with E-state index in [9.17, 15) is 9.59 Å². The van der Waals surface area contributed by atoms with Gasteiger partial charge in [-0.2, -0.15) is 0 Å². The molecule has 1 fully saturated rings. The Bertz CT molecular complexity index is 934. The Balaban J connectivity index is 1.68. The second kappa shape index (κ2) is 9.18. The Hall–Kier alpha value is -2.73. The Morgan fingerprint density at radius 1 is 1.00 bits per heavy atom. The monoisotopic (exact) mass is 409 g/mol. The fourth-order valence-corrected chi connectivity index (χ4v) is 4.02. The van der Waals surface area contributed by atoms with Gasteiger partial charge in [0.15, 0.2) is 0 Å². The molecular formula is C23H27N3O2S. The number of imide groups is 1. The standard InChI is InChI=1S/C23H27N3O2S/c1-5-25(6-2)20-11-8-18(9-12-20)14-21-22(27)26(23(28)29-21)15-24-19-10-7-16(3)17(4)13-19/h7-14,24H,5-6,15H2,1-4H3/b21-14+. The molecule has 3 rings (SSSR count). The minimum Gasteiger partial charge on any atom is -0.372 e. The summed E-state index contributed by atoms with van der Waals surface area (Å²) >= 11 is 0.985. The van der Waals surface area contributed by atoms with Crippen molar-refractivity contribution in [3.05, 3.63) is 64.1 Å². The van der Waals surface area contributed by atoms with Gasteiger partial charge in [-0.3, -0.25) is 14.5 Å². The van der Waals surface area contributed by atoms with Crippen LogP contribution in [0.25, 0.3) is 6.08 Å². The molecular weight excluding hydrogens is 382 g/mol. The highest BCUT2D eigenvalue weighted by atomic mass is 32.2. The summed E-state index contributed by atoms with van der Waals surface area (Å²) in [6.45, 7) is 10.4. The zero-order chi connectivity index (χ0) is 21.0. The Morgan fingerprint density at radius 2 is 1.69 bits per heavy atom. The van der Waals surface area contributed by atoms with Gasteiger partial charge in [-0.15, -0.1) is 0 Å². The number of nitrogens with one attached hydrogen (secondary N) is 1. The Morgan fingerprint density at radius 3 is 2.31 bits per heavy atom. The largest absolute Gasteiger partial charge is 0.372 e. The predicted molar refractivity (Wildman–Crippen MR) is 122 cm³/mol. The van der Waals surface area contributed by atoms with Crippen LogP contribution < -0.4 is 10.2 Å². The lowest BCUT2D eigenvalue weighted by Gasteiger charge is -2.20. The number of thioether (sulfide) groups is 1. The fraction of sp³-hybridized carbons (Fsp3) is 0.304. The van der Waals surface area contributed by atoms with E-state index in [1.54, 1.807) is 6.08 Å². The number of amides is 2. The molecule has 1 aliphatic rings. The topological polar surface area (TPSA) is 52.7 Å². The van der Waals surface area contributed by atoms with Crippen molar-refractivity contribution in [3.8, 4) is 0 Å². The average Bonchev–Trinajstić information content (AvgIpc) is 2.98.